The van der Waals surface area contributed by atoms with Gasteiger partial charge in [-0.05, 0) is 31.2 Å². The Bertz CT molecular complexity index is 647. The van der Waals surface area contributed by atoms with Crippen LogP contribution in [0.25, 0.3) is 11.0 Å². The minimum Gasteiger partial charge on any atom is -0.478 e. The molecule has 1 heterocycles. The van der Waals surface area contributed by atoms with Crippen LogP contribution < -0.4 is 0 Å². The molecule has 1 fully saturated rings. The second kappa shape index (κ2) is 5.09. The van der Waals surface area contributed by atoms with Gasteiger partial charge in [-0.15, -0.1) is 5.10 Å². The molecule has 1 aliphatic carbocycles. The highest BCUT2D eigenvalue weighted by molar-refractivity contribution is 8.00. The minimum absolute atomic E-state index is 0.173. The second-order valence-corrected chi connectivity index (χ2v) is 6.59. The Morgan fingerprint density at radius 1 is 1.45 bits per heavy atom. The number of carboxylic acids is 1. The van der Waals surface area contributed by atoms with Gasteiger partial charge < -0.3 is 5.11 Å². The molecular weight excluding hydrogens is 274 g/mol. The van der Waals surface area contributed by atoms with Crippen molar-refractivity contribution in [3.05, 3.63) is 23.8 Å². The maximum absolute atomic E-state index is 11.4. The van der Waals surface area contributed by atoms with Crippen molar-refractivity contribution < 1.29 is 9.90 Å². The third-order valence-corrected chi connectivity index (χ3v) is 5.55. The van der Waals surface area contributed by atoms with E-state index < -0.39 is 5.97 Å². The number of benzene rings is 1. The number of carboxylic acid groups (broad SMARTS) is 1. The molecule has 0 spiro atoms. The number of rotatable bonds is 4. The van der Waals surface area contributed by atoms with Gasteiger partial charge in [-0.2, -0.15) is 11.8 Å². The molecule has 2 aromatic rings. The first-order valence-electron chi connectivity index (χ1n) is 6.76. The van der Waals surface area contributed by atoms with Crippen molar-refractivity contribution in [2.24, 2.45) is 0 Å². The predicted molar refractivity (Wildman–Crippen MR) is 79.2 cm³/mol. The normalized spacial score (nSPS) is 17.6. The lowest BCUT2D eigenvalue weighted by molar-refractivity contribution is 0.0698. The van der Waals surface area contributed by atoms with Gasteiger partial charge in [0, 0.05) is 4.75 Å². The molecule has 0 radical (unpaired) electrons. The van der Waals surface area contributed by atoms with E-state index in [2.05, 4.69) is 16.6 Å². The molecule has 0 aliphatic heterocycles. The fourth-order valence-corrected chi connectivity index (χ4v) is 3.98. The molecule has 106 valence electrons. The molecule has 1 aromatic heterocycles. The second-order valence-electron chi connectivity index (χ2n) is 5.32. The van der Waals surface area contributed by atoms with Gasteiger partial charge >= 0.3 is 5.97 Å². The molecule has 0 amide bonds. The quantitative estimate of drug-likeness (QED) is 0.938. The molecule has 1 aromatic carbocycles. The zero-order valence-electron chi connectivity index (χ0n) is 11.4. The number of para-hydroxylation sites is 1. The van der Waals surface area contributed by atoms with Gasteiger partial charge in [0.1, 0.15) is 11.0 Å². The Kier molecular flexibility index (Phi) is 3.41. The predicted octanol–water partition coefficient (Wildman–Crippen LogP) is 2.81. The van der Waals surface area contributed by atoms with E-state index in [0.29, 0.717) is 11.0 Å². The van der Waals surface area contributed by atoms with E-state index >= 15 is 0 Å². The minimum atomic E-state index is -0.927. The molecule has 0 unspecified atom stereocenters. The van der Waals surface area contributed by atoms with E-state index in [1.807, 2.05) is 17.8 Å². The van der Waals surface area contributed by atoms with Crippen molar-refractivity contribution >= 4 is 28.8 Å². The van der Waals surface area contributed by atoms with Crippen LogP contribution in [0.1, 0.15) is 36.0 Å². The van der Waals surface area contributed by atoms with Crippen molar-refractivity contribution in [1.29, 1.82) is 0 Å². The first kappa shape index (κ1) is 13.4. The number of aromatic nitrogens is 3. The highest BCUT2D eigenvalue weighted by Crippen LogP contribution is 2.41. The van der Waals surface area contributed by atoms with Crippen molar-refractivity contribution in [1.82, 2.24) is 15.0 Å². The number of hydrogen-bond donors (Lipinski definition) is 1. The van der Waals surface area contributed by atoms with E-state index in [1.54, 1.807) is 16.8 Å². The zero-order valence-corrected chi connectivity index (χ0v) is 12.2. The van der Waals surface area contributed by atoms with E-state index in [9.17, 15) is 9.90 Å². The summed E-state index contributed by atoms with van der Waals surface area (Å²) < 4.78 is 1.95. The zero-order chi connectivity index (χ0) is 14.2. The van der Waals surface area contributed by atoms with Crippen LogP contribution in [0.15, 0.2) is 18.2 Å². The first-order chi connectivity index (χ1) is 9.65. The third-order valence-electron chi connectivity index (χ3n) is 4.15. The van der Waals surface area contributed by atoms with Crippen molar-refractivity contribution in [2.45, 2.75) is 37.0 Å². The first-order valence-corrected chi connectivity index (χ1v) is 7.98. The maximum atomic E-state index is 11.4. The molecular formula is C14H17N3O2S. The SMILES string of the molecule is CSC1(Cn2nnc3cccc(C(=O)O)c32)CCCC1. The number of thioether (sulfide) groups is 1. The summed E-state index contributed by atoms with van der Waals surface area (Å²) in [6.45, 7) is 0.731. The molecule has 1 saturated carbocycles. The number of nitrogens with zero attached hydrogens (tertiary/aromatic N) is 3. The van der Waals surface area contributed by atoms with Gasteiger partial charge in [-0.3, -0.25) is 0 Å². The Morgan fingerprint density at radius 2 is 2.20 bits per heavy atom. The summed E-state index contributed by atoms with van der Waals surface area (Å²) >= 11 is 1.86. The Morgan fingerprint density at radius 3 is 2.85 bits per heavy atom. The molecule has 3 rings (SSSR count). The highest BCUT2D eigenvalue weighted by Gasteiger charge is 2.34. The topological polar surface area (TPSA) is 68.0 Å². The largest absolute Gasteiger partial charge is 0.478 e. The molecule has 0 atom stereocenters. The van der Waals surface area contributed by atoms with Crippen molar-refractivity contribution in [2.75, 3.05) is 6.26 Å². The Balaban J connectivity index is 2.06. The number of fused-ring (bicyclic) bond motifs is 1. The van der Waals surface area contributed by atoms with Gasteiger partial charge in [0.2, 0.25) is 0 Å². The van der Waals surface area contributed by atoms with Crippen LogP contribution in [0.5, 0.6) is 0 Å². The van der Waals surface area contributed by atoms with Gasteiger partial charge in [-0.1, -0.05) is 24.1 Å². The van der Waals surface area contributed by atoms with E-state index in [1.165, 1.54) is 12.8 Å². The van der Waals surface area contributed by atoms with Crippen LogP contribution in [0, 0.1) is 0 Å². The molecule has 5 nitrogen and oxygen atoms in total. The van der Waals surface area contributed by atoms with Crippen LogP contribution in [-0.4, -0.2) is 37.1 Å². The van der Waals surface area contributed by atoms with Crippen molar-refractivity contribution in [3.63, 3.8) is 0 Å². The molecule has 1 aliphatic rings. The van der Waals surface area contributed by atoms with Crippen LogP contribution in [0.3, 0.4) is 0 Å². The summed E-state index contributed by atoms with van der Waals surface area (Å²) in [5, 5.41) is 17.6. The smallest absolute Gasteiger partial charge is 0.337 e. The van der Waals surface area contributed by atoms with Gasteiger partial charge in [0.15, 0.2) is 0 Å². The van der Waals surface area contributed by atoms with E-state index in [-0.39, 0.29) is 10.3 Å². The summed E-state index contributed by atoms with van der Waals surface area (Å²) in [4.78, 5) is 11.4. The molecule has 0 saturated heterocycles. The van der Waals surface area contributed by atoms with Crippen LogP contribution >= 0.6 is 11.8 Å². The monoisotopic (exact) mass is 291 g/mol. The third kappa shape index (κ3) is 2.18. The fraction of sp³-hybridized carbons (Fsp3) is 0.500. The fourth-order valence-electron chi connectivity index (χ4n) is 3.03. The van der Waals surface area contributed by atoms with Gasteiger partial charge in [0.05, 0.1) is 12.1 Å². The molecule has 1 N–H and O–H groups in total. The van der Waals surface area contributed by atoms with E-state index in [4.69, 9.17) is 0 Å². The number of hydrogen-bond acceptors (Lipinski definition) is 4. The molecule has 6 heteroatoms. The lowest BCUT2D eigenvalue weighted by Crippen LogP contribution is -2.27. The summed E-state index contributed by atoms with van der Waals surface area (Å²) in [7, 11) is 0. The van der Waals surface area contributed by atoms with E-state index in [0.717, 1.165) is 19.4 Å². The van der Waals surface area contributed by atoms with Crippen LogP contribution in [0.2, 0.25) is 0 Å². The van der Waals surface area contributed by atoms with Crippen LogP contribution in [-0.2, 0) is 6.54 Å². The molecule has 0 bridgehead atoms. The average molecular weight is 291 g/mol. The Labute approximate surface area is 121 Å². The Hall–Kier alpha value is -1.56. The molecule has 20 heavy (non-hydrogen) atoms. The standard InChI is InChI=1S/C14H17N3O2S/c1-20-14(7-2-3-8-14)9-17-12-10(13(18)19)5-4-6-11(12)15-16-17/h4-6H,2-3,7-9H2,1H3,(H,18,19). The maximum Gasteiger partial charge on any atom is 0.337 e. The van der Waals surface area contributed by atoms with Gasteiger partial charge in [-0.25, -0.2) is 9.48 Å². The number of aromatic carboxylic acids is 1. The van der Waals surface area contributed by atoms with Crippen molar-refractivity contribution in [3.8, 4) is 0 Å². The van der Waals surface area contributed by atoms with Gasteiger partial charge in [0.25, 0.3) is 0 Å². The summed E-state index contributed by atoms with van der Waals surface area (Å²) in [5.74, 6) is -0.927. The lowest BCUT2D eigenvalue weighted by Gasteiger charge is -2.26. The lowest BCUT2D eigenvalue weighted by atomic mass is 10.1. The highest BCUT2D eigenvalue weighted by atomic mass is 32.2. The average Bonchev–Trinajstić information content (AvgIpc) is 3.07. The summed E-state index contributed by atoms with van der Waals surface area (Å²) in [6, 6.07) is 5.14. The summed E-state index contributed by atoms with van der Waals surface area (Å²) in [6.07, 6.45) is 6.91. The number of carbonyl (C=O) groups is 1. The summed E-state index contributed by atoms with van der Waals surface area (Å²) in [5.41, 5.74) is 1.57. The van der Waals surface area contributed by atoms with Crippen LogP contribution in [0.4, 0.5) is 0 Å².